The van der Waals surface area contributed by atoms with E-state index in [1.165, 1.54) is 4.88 Å². The van der Waals surface area contributed by atoms with Crippen LogP contribution in [-0.4, -0.2) is 42.2 Å². The summed E-state index contributed by atoms with van der Waals surface area (Å²) in [4.78, 5) is 18.3. The molecule has 1 fully saturated rings. The lowest BCUT2D eigenvalue weighted by Crippen LogP contribution is -2.40. The van der Waals surface area contributed by atoms with E-state index >= 15 is 0 Å². The molecule has 1 N–H and O–H groups in total. The second-order valence-electron chi connectivity index (χ2n) is 6.09. The number of hydrogen-bond donors (Lipinski definition) is 1. The number of para-hydroxylation sites is 1. The molecule has 5 heteroatoms. The molecule has 1 aromatic carbocycles. The molecule has 1 unspecified atom stereocenters. The molecule has 1 amide bonds. The Labute approximate surface area is 147 Å². The highest BCUT2D eigenvalue weighted by atomic mass is 32.1. The van der Waals surface area contributed by atoms with Gasteiger partial charge >= 0.3 is 0 Å². The van der Waals surface area contributed by atoms with Crippen LogP contribution in [0.2, 0.25) is 0 Å². The molecule has 24 heavy (non-hydrogen) atoms. The van der Waals surface area contributed by atoms with Crippen molar-refractivity contribution in [1.82, 2.24) is 4.90 Å². The van der Waals surface area contributed by atoms with Gasteiger partial charge in [0.05, 0.1) is 12.6 Å². The van der Waals surface area contributed by atoms with Gasteiger partial charge in [0, 0.05) is 30.3 Å². The summed E-state index contributed by atoms with van der Waals surface area (Å²) in [5.41, 5.74) is 1.03. The van der Waals surface area contributed by atoms with E-state index in [1.807, 2.05) is 35.2 Å². The highest BCUT2D eigenvalue weighted by Gasteiger charge is 2.31. The van der Waals surface area contributed by atoms with Gasteiger partial charge in [0.1, 0.15) is 0 Å². The molecule has 0 radical (unpaired) electrons. The van der Waals surface area contributed by atoms with Gasteiger partial charge in [-0.2, -0.15) is 0 Å². The van der Waals surface area contributed by atoms with Crippen molar-refractivity contribution < 1.29 is 9.90 Å². The van der Waals surface area contributed by atoms with E-state index in [0.29, 0.717) is 19.5 Å². The van der Waals surface area contributed by atoms with Crippen LogP contribution in [0.25, 0.3) is 0 Å². The number of aliphatic hydroxyl groups excluding tert-OH is 1. The van der Waals surface area contributed by atoms with Crippen LogP contribution >= 0.6 is 11.3 Å². The number of benzene rings is 1. The lowest BCUT2D eigenvalue weighted by molar-refractivity contribution is -0.130. The number of carbonyl (C=O) groups is 1. The first-order chi connectivity index (χ1) is 11.8. The Morgan fingerprint density at radius 2 is 2.08 bits per heavy atom. The van der Waals surface area contributed by atoms with Crippen molar-refractivity contribution in [2.45, 2.75) is 25.3 Å². The van der Waals surface area contributed by atoms with Crippen LogP contribution in [0.15, 0.2) is 47.8 Å². The minimum absolute atomic E-state index is 0.138. The number of anilines is 1. The molecule has 2 heterocycles. The fraction of sp³-hybridized carbons (Fsp3) is 0.421. The maximum absolute atomic E-state index is 12.9. The van der Waals surface area contributed by atoms with E-state index in [9.17, 15) is 4.79 Å². The van der Waals surface area contributed by atoms with Crippen LogP contribution in [-0.2, 0) is 4.79 Å². The molecule has 4 nitrogen and oxygen atoms in total. The lowest BCUT2D eigenvalue weighted by Gasteiger charge is -2.29. The van der Waals surface area contributed by atoms with Crippen LogP contribution in [0.5, 0.6) is 0 Å². The molecule has 0 spiro atoms. The SMILES string of the molecule is O=C(CN(CCCO)c1ccccc1)N1CCCC1c1cccs1. The number of rotatable bonds is 7. The molecule has 1 aliphatic rings. The zero-order valence-corrected chi connectivity index (χ0v) is 14.6. The van der Waals surface area contributed by atoms with E-state index < -0.39 is 0 Å². The van der Waals surface area contributed by atoms with Gasteiger partial charge in [-0.1, -0.05) is 24.3 Å². The molecule has 0 bridgehead atoms. The van der Waals surface area contributed by atoms with Crippen molar-refractivity contribution >= 4 is 22.9 Å². The van der Waals surface area contributed by atoms with Gasteiger partial charge in [0.2, 0.25) is 5.91 Å². The summed E-state index contributed by atoms with van der Waals surface area (Å²) < 4.78 is 0. The summed E-state index contributed by atoms with van der Waals surface area (Å²) in [7, 11) is 0. The Kier molecular flexibility index (Phi) is 5.88. The van der Waals surface area contributed by atoms with Crippen molar-refractivity contribution in [3.63, 3.8) is 0 Å². The van der Waals surface area contributed by atoms with Crippen LogP contribution in [0.3, 0.4) is 0 Å². The summed E-state index contributed by atoms with van der Waals surface area (Å²) >= 11 is 1.73. The molecule has 3 rings (SSSR count). The zero-order chi connectivity index (χ0) is 16.8. The summed E-state index contributed by atoms with van der Waals surface area (Å²) in [5, 5.41) is 11.2. The molecule has 128 valence electrons. The van der Waals surface area contributed by atoms with Gasteiger partial charge in [-0.15, -0.1) is 11.3 Å². The average Bonchev–Trinajstić information content (AvgIpc) is 3.29. The number of hydrogen-bond acceptors (Lipinski definition) is 4. The van der Waals surface area contributed by atoms with E-state index in [-0.39, 0.29) is 18.6 Å². The number of thiophene rings is 1. The molecule has 0 saturated carbocycles. The Balaban J connectivity index is 1.70. The summed E-state index contributed by atoms with van der Waals surface area (Å²) in [6.45, 7) is 2.03. The topological polar surface area (TPSA) is 43.8 Å². The normalized spacial score (nSPS) is 17.2. The molecule has 1 atom stereocenters. The summed E-state index contributed by atoms with van der Waals surface area (Å²) in [6.07, 6.45) is 2.78. The van der Waals surface area contributed by atoms with Crippen molar-refractivity contribution in [1.29, 1.82) is 0 Å². The molecule has 1 aliphatic heterocycles. The Hall–Kier alpha value is -1.85. The second-order valence-corrected chi connectivity index (χ2v) is 7.07. The Morgan fingerprint density at radius 1 is 1.25 bits per heavy atom. The summed E-state index contributed by atoms with van der Waals surface area (Å²) in [5.74, 6) is 0.174. The summed E-state index contributed by atoms with van der Waals surface area (Å²) in [6, 6.07) is 14.4. The van der Waals surface area contributed by atoms with Gasteiger partial charge in [0.25, 0.3) is 0 Å². The second kappa shape index (κ2) is 8.31. The van der Waals surface area contributed by atoms with Crippen LogP contribution in [0, 0.1) is 0 Å². The van der Waals surface area contributed by atoms with E-state index in [0.717, 1.165) is 25.1 Å². The molecule has 2 aromatic rings. The van der Waals surface area contributed by atoms with Gasteiger partial charge in [-0.25, -0.2) is 0 Å². The number of amides is 1. The fourth-order valence-electron chi connectivity index (χ4n) is 3.30. The van der Waals surface area contributed by atoms with Gasteiger partial charge in [0.15, 0.2) is 0 Å². The van der Waals surface area contributed by atoms with Crippen molar-refractivity contribution in [3.8, 4) is 0 Å². The van der Waals surface area contributed by atoms with Crippen LogP contribution in [0.1, 0.15) is 30.2 Å². The number of aliphatic hydroxyl groups is 1. The van der Waals surface area contributed by atoms with E-state index in [2.05, 4.69) is 22.4 Å². The van der Waals surface area contributed by atoms with Gasteiger partial charge < -0.3 is 14.9 Å². The maximum Gasteiger partial charge on any atom is 0.242 e. The highest BCUT2D eigenvalue weighted by molar-refractivity contribution is 7.10. The van der Waals surface area contributed by atoms with Gasteiger partial charge in [-0.3, -0.25) is 4.79 Å². The van der Waals surface area contributed by atoms with Crippen molar-refractivity contribution in [3.05, 3.63) is 52.7 Å². The highest BCUT2D eigenvalue weighted by Crippen LogP contribution is 2.34. The quantitative estimate of drug-likeness (QED) is 0.838. The molecule has 1 saturated heterocycles. The van der Waals surface area contributed by atoms with E-state index in [4.69, 9.17) is 5.11 Å². The predicted molar refractivity (Wildman–Crippen MR) is 98.4 cm³/mol. The van der Waals surface area contributed by atoms with Crippen LogP contribution in [0.4, 0.5) is 5.69 Å². The third-order valence-corrected chi connectivity index (χ3v) is 5.45. The molecular formula is C19H24N2O2S. The zero-order valence-electron chi connectivity index (χ0n) is 13.8. The minimum atomic E-state index is 0.138. The fourth-order valence-corrected chi connectivity index (χ4v) is 4.17. The molecule has 1 aromatic heterocycles. The molecule has 0 aliphatic carbocycles. The predicted octanol–water partition coefficient (Wildman–Crippen LogP) is 3.30. The molecular weight excluding hydrogens is 320 g/mol. The van der Waals surface area contributed by atoms with Gasteiger partial charge in [-0.05, 0) is 42.8 Å². The lowest BCUT2D eigenvalue weighted by atomic mass is 10.2. The van der Waals surface area contributed by atoms with Crippen molar-refractivity contribution in [2.24, 2.45) is 0 Å². The Morgan fingerprint density at radius 3 is 2.79 bits per heavy atom. The monoisotopic (exact) mass is 344 g/mol. The number of likely N-dealkylation sites (tertiary alicyclic amines) is 1. The largest absolute Gasteiger partial charge is 0.396 e. The first kappa shape index (κ1) is 17.0. The number of nitrogens with zero attached hydrogens (tertiary/aromatic N) is 2. The Bertz CT molecular complexity index is 630. The third kappa shape index (κ3) is 3.97. The van der Waals surface area contributed by atoms with Crippen LogP contribution < -0.4 is 4.90 Å². The number of carbonyl (C=O) groups excluding carboxylic acids is 1. The maximum atomic E-state index is 12.9. The minimum Gasteiger partial charge on any atom is -0.396 e. The first-order valence-electron chi connectivity index (χ1n) is 8.53. The van der Waals surface area contributed by atoms with Crippen molar-refractivity contribution in [2.75, 3.05) is 31.1 Å². The van der Waals surface area contributed by atoms with E-state index in [1.54, 1.807) is 11.3 Å². The standard InChI is InChI=1S/C19H24N2O2S/c22-13-6-11-20(16-7-2-1-3-8-16)15-19(23)21-12-4-9-17(21)18-10-5-14-24-18/h1-3,5,7-8,10,14,17,22H,4,6,9,11-13,15H2. The third-order valence-electron chi connectivity index (χ3n) is 4.48. The first-order valence-corrected chi connectivity index (χ1v) is 9.41. The average molecular weight is 344 g/mol. The smallest absolute Gasteiger partial charge is 0.242 e.